The van der Waals surface area contributed by atoms with Gasteiger partial charge in [-0.15, -0.1) is 0 Å². The molecule has 0 spiro atoms. The molecule has 2 rings (SSSR count). The number of halogens is 1. The molecule has 2 nitrogen and oxygen atoms in total. The molecule has 0 N–H and O–H groups in total. The van der Waals surface area contributed by atoms with Gasteiger partial charge >= 0.3 is 0 Å². The van der Waals surface area contributed by atoms with E-state index in [0.717, 1.165) is 5.56 Å². The zero-order chi connectivity index (χ0) is 10.7. The van der Waals surface area contributed by atoms with Crippen LogP contribution in [0.2, 0.25) is 0 Å². The van der Waals surface area contributed by atoms with Crippen molar-refractivity contribution in [2.75, 3.05) is 0 Å². The van der Waals surface area contributed by atoms with Crippen LogP contribution < -0.4 is 5.43 Å². The van der Waals surface area contributed by atoms with Crippen LogP contribution >= 0.6 is 0 Å². The largest absolute Gasteiger partial charge is 0.350 e. The van der Waals surface area contributed by atoms with Crippen molar-refractivity contribution >= 4 is 0 Å². The van der Waals surface area contributed by atoms with Crippen molar-refractivity contribution in [3.8, 4) is 0 Å². The van der Waals surface area contributed by atoms with Crippen LogP contribution in [-0.2, 0) is 6.54 Å². The van der Waals surface area contributed by atoms with Gasteiger partial charge < -0.3 is 4.57 Å². The summed E-state index contributed by atoms with van der Waals surface area (Å²) in [5.74, 6) is -0.237. The third-order valence-corrected chi connectivity index (χ3v) is 2.14. The van der Waals surface area contributed by atoms with E-state index in [1.165, 1.54) is 24.3 Å². The Balaban J connectivity index is 2.18. The Morgan fingerprint density at radius 1 is 1.00 bits per heavy atom. The molecule has 0 aliphatic rings. The molecule has 0 saturated heterocycles. The second kappa shape index (κ2) is 4.09. The van der Waals surface area contributed by atoms with E-state index < -0.39 is 0 Å². The Kier molecular flexibility index (Phi) is 2.63. The Bertz CT molecular complexity index is 481. The Hall–Kier alpha value is -1.90. The summed E-state index contributed by atoms with van der Waals surface area (Å²) in [4.78, 5) is 10.9. The smallest absolute Gasteiger partial charge is 0.181 e. The fourth-order valence-corrected chi connectivity index (χ4v) is 1.35. The molecular weight excluding hydrogens is 193 g/mol. The molecule has 0 saturated carbocycles. The lowest BCUT2D eigenvalue weighted by Crippen LogP contribution is -2.04. The van der Waals surface area contributed by atoms with E-state index in [1.807, 2.05) is 4.57 Å². The Morgan fingerprint density at radius 2 is 1.60 bits per heavy atom. The fourth-order valence-electron chi connectivity index (χ4n) is 1.35. The molecule has 2 aromatic rings. The van der Waals surface area contributed by atoms with Crippen molar-refractivity contribution in [3.63, 3.8) is 0 Å². The Morgan fingerprint density at radius 3 is 2.20 bits per heavy atom. The molecule has 0 aliphatic carbocycles. The number of hydrogen-bond donors (Lipinski definition) is 0. The quantitative estimate of drug-likeness (QED) is 0.732. The van der Waals surface area contributed by atoms with Gasteiger partial charge in [-0.05, 0) is 17.7 Å². The molecule has 1 aromatic heterocycles. The zero-order valence-electron chi connectivity index (χ0n) is 8.06. The fraction of sp³-hybridized carbons (Fsp3) is 0.0833. The Labute approximate surface area is 86.6 Å². The van der Waals surface area contributed by atoms with E-state index in [0.29, 0.717) is 6.54 Å². The topological polar surface area (TPSA) is 22.0 Å². The maximum atomic E-state index is 12.6. The predicted molar refractivity (Wildman–Crippen MR) is 56.2 cm³/mol. The van der Waals surface area contributed by atoms with Crippen LogP contribution in [0.15, 0.2) is 53.6 Å². The maximum Gasteiger partial charge on any atom is 0.181 e. The van der Waals surface area contributed by atoms with Gasteiger partial charge in [-0.2, -0.15) is 0 Å². The zero-order valence-corrected chi connectivity index (χ0v) is 8.06. The number of nitrogens with zero attached hydrogens (tertiary/aromatic N) is 1. The highest BCUT2D eigenvalue weighted by molar-refractivity contribution is 5.16. The molecular formula is C12H10FNO. The van der Waals surface area contributed by atoms with Crippen LogP contribution in [0.5, 0.6) is 0 Å². The molecule has 3 heteroatoms. The molecule has 0 atom stereocenters. The summed E-state index contributed by atoms with van der Waals surface area (Å²) in [6.07, 6.45) is 3.43. The van der Waals surface area contributed by atoms with Gasteiger partial charge in [0.05, 0.1) is 0 Å². The van der Waals surface area contributed by atoms with Gasteiger partial charge in [0, 0.05) is 31.1 Å². The van der Waals surface area contributed by atoms with Crippen LogP contribution in [0.3, 0.4) is 0 Å². The minimum absolute atomic E-state index is 0.00893. The lowest BCUT2D eigenvalue weighted by atomic mass is 10.2. The molecule has 0 unspecified atom stereocenters. The lowest BCUT2D eigenvalue weighted by Gasteiger charge is -2.05. The van der Waals surface area contributed by atoms with Crippen molar-refractivity contribution in [2.24, 2.45) is 0 Å². The first kappa shape index (κ1) is 9.65. The molecule has 1 aromatic carbocycles. The third kappa shape index (κ3) is 2.53. The van der Waals surface area contributed by atoms with Gasteiger partial charge in [-0.1, -0.05) is 12.1 Å². The van der Waals surface area contributed by atoms with Gasteiger partial charge in [0.25, 0.3) is 0 Å². The number of rotatable bonds is 2. The molecule has 76 valence electrons. The van der Waals surface area contributed by atoms with Crippen molar-refractivity contribution < 1.29 is 4.39 Å². The lowest BCUT2D eigenvalue weighted by molar-refractivity contribution is 0.626. The third-order valence-electron chi connectivity index (χ3n) is 2.14. The highest BCUT2D eigenvalue weighted by atomic mass is 19.1. The number of benzene rings is 1. The monoisotopic (exact) mass is 203 g/mol. The second-order valence-electron chi connectivity index (χ2n) is 3.33. The molecule has 0 bridgehead atoms. The summed E-state index contributed by atoms with van der Waals surface area (Å²) < 4.78 is 14.5. The first-order valence-corrected chi connectivity index (χ1v) is 4.64. The van der Waals surface area contributed by atoms with Gasteiger partial charge in [-0.25, -0.2) is 4.39 Å². The maximum absolute atomic E-state index is 12.6. The van der Waals surface area contributed by atoms with E-state index in [4.69, 9.17) is 0 Å². The molecule has 0 aliphatic heterocycles. The van der Waals surface area contributed by atoms with E-state index in [2.05, 4.69) is 0 Å². The molecule has 0 radical (unpaired) electrons. The summed E-state index contributed by atoms with van der Waals surface area (Å²) in [6.45, 7) is 0.639. The predicted octanol–water partition coefficient (Wildman–Crippen LogP) is 2.04. The van der Waals surface area contributed by atoms with Crippen LogP contribution in [-0.4, -0.2) is 4.57 Å². The number of aromatic nitrogens is 1. The summed E-state index contributed by atoms with van der Waals surface area (Å²) in [5.41, 5.74) is 0.991. The van der Waals surface area contributed by atoms with Crippen LogP contribution in [0.1, 0.15) is 5.56 Å². The second-order valence-corrected chi connectivity index (χ2v) is 3.33. The van der Waals surface area contributed by atoms with E-state index in [-0.39, 0.29) is 11.2 Å². The normalized spacial score (nSPS) is 10.2. The summed E-state index contributed by atoms with van der Waals surface area (Å²) in [6, 6.07) is 9.32. The van der Waals surface area contributed by atoms with Gasteiger partial charge in [0.1, 0.15) is 5.82 Å². The molecule has 0 amide bonds. The van der Waals surface area contributed by atoms with E-state index >= 15 is 0 Å². The standard InChI is InChI=1S/C12H10FNO/c13-11-3-1-10(2-4-11)9-14-7-5-12(15)6-8-14/h1-8H,9H2. The molecule has 15 heavy (non-hydrogen) atoms. The highest BCUT2D eigenvalue weighted by Crippen LogP contribution is 2.04. The van der Waals surface area contributed by atoms with Gasteiger partial charge in [0.2, 0.25) is 0 Å². The van der Waals surface area contributed by atoms with Crippen molar-refractivity contribution in [1.82, 2.24) is 4.57 Å². The summed E-state index contributed by atoms with van der Waals surface area (Å²) >= 11 is 0. The minimum atomic E-state index is -0.237. The van der Waals surface area contributed by atoms with Crippen molar-refractivity contribution in [2.45, 2.75) is 6.54 Å². The van der Waals surface area contributed by atoms with Gasteiger partial charge in [0.15, 0.2) is 5.43 Å². The minimum Gasteiger partial charge on any atom is -0.350 e. The number of pyridine rings is 1. The number of hydrogen-bond acceptors (Lipinski definition) is 1. The molecule has 0 fully saturated rings. The van der Waals surface area contributed by atoms with Crippen LogP contribution in [0.4, 0.5) is 4.39 Å². The van der Waals surface area contributed by atoms with Crippen molar-refractivity contribution in [3.05, 3.63) is 70.4 Å². The average Bonchev–Trinajstić information content (AvgIpc) is 2.25. The summed E-state index contributed by atoms with van der Waals surface area (Å²) in [7, 11) is 0. The highest BCUT2D eigenvalue weighted by Gasteiger charge is 1.94. The molecule has 1 heterocycles. The SMILES string of the molecule is O=c1ccn(Cc2ccc(F)cc2)cc1. The first-order valence-electron chi connectivity index (χ1n) is 4.64. The van der Waals surface area contributed by atoms with Gasteiger partial charge in [-0.3, -0.25) is 4.79 Å². The average molecular weight is 203 g/mol. The first-order chi connectivity index (χ1) is 7.24. The van der Waals surface area contributed by atoms with E-state index in [1.54, 1.807) is 24.5 Å². The van der Waals surface area contributed by atoms with E-state index in [9.17, 15) is 9.18 Å². The van der Waals surface area contributed by atoms with Crippen molar-refractivity contribution in [1.29, 1.82) is 0 Å². The van der Waals surface area contributed by atoms with Crippen LogP contribution in [0.25, 0.3) is 0 Å². The summed E-state index contributed by atoms with van der Waals surface area (Å²) in [5, 5.41) is 0. The van der Waals surface area contributed by atoms with Crippen LogP contribution in [0, 0.1) is 5.82 Å².